The van der Waals surface area contributed by atoms with Gasteiger partial charge in [0.25, 0.3) is 0 Å². The Bertz CT molecular complexity index is 234. The van der Waals surface area contributed by atoms with Gasteiger partial charge in [0.15, 0.2) is 0 Å². The molecule has 0 unspecified atom stereocenters. The summed E-state index contributed by atoms with van der Waals surface area (Å²) < 4.78 is 65.7. The van der Waals surface area contributed by atoms with Crippen LogP contribution in [-0.2, 0) is 20.8 Å². The van der Waals surface area contributed by atoms with Gasteiger partial charge in [-0.05, 0) is 0 Å². The van der Waals surface area contributed by atoms with Crippen molar-refractivity contribution in [3.63, 3.8) is 0 Å². The summed E-state index contributed by atoms with van der Waals surface area (Å²) in [5.74, 6) is 0. The van der Waals surface area contributed by atoms with Gasteiger partial charge in [0.1, 0.15) is 0 Å². The Labute approximate surface area is 193 Å². The van der Waals surface area contributed by atoms with E-state index in [0.717, 1.165) is 0 Å². The molecule has 0 aliphatic heterocycles. The van der Waals surface area contributed by atoms with E-state index in [9.17, 15) is 0 Å². The van der Waals surface area contributed by atoms with Crippen LogP contribution in [0.15, 0.2) is 0 Å². The molecule has 0 saturated carbocycles. The van der Waals surface area contributed by atoms with Crippen LogP contribution in [0.2, 0.25) is 0 Å². The summed E-state index contributed by atoms with van der Waals surface area (Å²) in [5.41, 5.74) is 0. The van der Waals surface area contributed by atoms with Crippen LogP contribution in [0.4, 0.5) is 0 Å². The van der Waals surface area contributed by atoms with Gasteiger partial charge < -0.3 is 21.5 Å². The van der Waals surface area contributed by atoms with Crippen LogP contribution in [0.25, 0.3) is 0 Å². The largest absolute Gasteiger partial charge is 1.00 e. The molecule has 0 radical (unpaired) electrons. The van der Waals surface area contributed by atoms with Crippen LogP contribution >= 0.6 is 24.8 Å². The second-order valence-corrected chi connectivity index (χ2v) is 2.57. The third-order valence-corrected chi connectivity index (χ3v) is 0. The van der Waals surface area contributed by atoms with Gasteiger partial charge in [0.2, 0.25) is 0 Å². The topological polar surface area (TPSA) is 155 Å². The molecule has 0 fully saturated rings. The van der Waals surface area contributed by atoms with E-state index in [-0.39, 0.29) is 141 Å². The first-order chi connectivity index (χ1) is 4.00. The van der Waals surface area contributed by atoms with Crippen molar-refractivity contribution in [2.24, 2.45) is 0 Å². The molecule has 0 heterocycles. The van der Waals surface area contributed by atoms with Crippen molar-refractivity contribution < 1.29 is 136 Å². The predicted octanol–water partition coefficient (Wildman–Crippen LogP) is -11.9. The third-order valence-electron chi connectivity index (χ3n) is 0. The predicted molar refractivity (Wildman–Crippen MR) is 52.6 cm³/mol. The number of hydrogen-bond acceptors (Lipinski definition) is 6. The molecule has 0 aromatic heterocycles. The van der Waals surface area contributed by atoms with Crippen LogP contribution < -0.4 is 101 Å². The van der Waals surface area contributed by atoms with Crippen molar-refractivity contribution in [1.29, 1.82) is 0 Å². The van der Waals surface area contributed by atoms with Crippen LogP contribution in [0.1, 0.15) is 14.9 Å². The van der Waals surface area contributed by atoms with Crippen molar-refractivity contribution >= 4 is 45.6 Å². The molecular formula is C2H12Cl3Na3O8S2. The van der Waals surface area contributed by atoms with E-state index in [1.54, 1.807) is 0 Å². The molecule has 0 saturated heterocycles. The maximum Gasteiger partial charge on any atom is 1.00 e. The first-order valence-corrected chi connectivity index (χ1v) is 4.10. The minimum absolute atomic E-state index is 0. The molecule has 2 N–H and O–H groups in total. The average Bonchev–Trinajstić information content (AvgIpc) is 1.12. The van der Waals surface area contributed by atoms with Gasteiger partial charge in [-0.2, -0.15) is 8.42 Å². The normalized spacial score (nSPS) is 6.44. The number of hydrogen-bond donors (Lipinski definition) is 2. The second-order valence-electron chi connectivity index (χ2n) is 0.856. The van der Waals surface area contributed by atoms with Gasteiger partial charge in [-0.15, -0.1) is 24.8 Å². The van der Waals surface area contributed by atoms with Crippen molar-refractivity contribution in [2.45, 2.75) is 14.9 Å². The Balaban J connectivity index is -0.00000000615. The van der Waals surface area contributed by atoms with Gasteiger partial charge in [-0.1, -0.05) is 14.9 Å². The van der Waals surface area contributed by atoms with Crippen molar-refractivity contribution in [1.82, 2.24) is 0 Å². The summed E-state index contributed by atoms with van der Waals surface area (Å²) in [6.45, 7) is 0. The monoisotopic (exact) mass is 402 g/mol. The molecule has 0 spiro atoms. The smallest absolute Gasteiger partial charge is 1.00 e. The van der Waals surface area contributed by atoms with E-state index >= 15 is 0 Å². The Morgan fingerprint density at radius 3 is 0.722 bits per heavy atom. The first kappa shape index (κ1) is 68.1. The van der Waals surface area contributed by atoms with E-state index in [2.05, 4.69) is 0 Å². The fraction of sp³-hybridized carbons (Fsp3) is 1.00. The SMILES string of the molecule is C.C.Cl.Cl.O=S(=O)(O)O.O=S(=O)([O-])[O-].[Cl-].[Na+].[Na+].[Na+]. The molecule has 18 heavy (non-hydrogen) atoms. The van der Waals surface area contributed by atoms with E-state index in [0.29, 0.717) is 0 Å². The third kappa shape index (κ3) is 521. The van der Waals surface area contributed by atoms with Gasteiger partial charge in [0.05, 0.1) is 0 Å². The fourth-order valence-corrected chi connectivity index (χ4v) is 0. The molecular weight excluding hydrogens is 391 g/mol. The van der Waals surface area contributed by atoms with Crippen molar-refractivity contribution in [3.05, 3.63) is 0 Å². The van der Waals surface area contributed by atoms with Gasteiger partial charge in [0, 0.05) is 10.4 Å². The molecule has 0 rings (SSSR count). The molecule has 8 nitrogen and oxygen atoms in total. The molecule has 104 valence electrons. The van der Waals surface area contributed by atoms with Gasteiger partial charge in [-0.3, -0.25) is 17.5 Å². The maximum atomic E-state index is 8.74. The first-order valence-electron chi connectivity index (χ1n) is 1.37. The molecule has 0 aromatic carbocycles. The molecule has 0 atom stereocenters. The van der Waals surface area contributed by atoms with E-state index in [4.69, 9.17) is 35.0 Å². The average molecular weight is 404 g/mol. The van der Waals surface area contributed by atoms with E-state index < -0.39 is 20.8 Å². The Hall–Kier alpha value is 3.61. The summed E-state index contributed by atoms with van der Waals surface area (Å²) in [7, 11) is -9.83. The van der Waals surface area contributed by atoms with Crippen molar-refractivity contribution in [2.75, 3.05) is 0 Å². The summed E-state index contributed by atoms with van der Waals surface area (Å²) in [6, 6.07) is 0. The Morgan fingerprint density at radius 1 is 0.722 bits per heavy atom. The number of halogens is 3. The maximum absolute atomic E-state index is 8.74. The zero-order chi connectivity index (χ0) is 9.00. The van der Waals surface area contributed by atoms with Crippen LogP contribution in [0.3, 0.4) is 0 Å². The van der Waals surface area contributed by atoms with Gasteiger partial charge in [-0.25, -0.2) is 0 Å². The Kier molecular flexibility index (Phi) is 123. The van der Waals surface area contributed by atoms with Gasteiger partial charge >= 0.3 is 99.1 Å². The fourth-order valence-electron chi connectivity index (χ4n) is 0. The molecule has 0 bridgehead atoms. The minimum Gasteiger partial charge on any atom is -1.00 e. The van der Waals surface area contributed by atoms with E-state index in [1.807, 2.05) is 0 Å². The zero-order valence-electron chi connectivity index (χ0n) is 8.35. The van der Waals surface area contributed by atoms with Crippen LogP contribution in [0.5, 0.6) is 0 Å². The number of rotatable bonds is 0. The molecule has 0 aliphatic rings. The standard InChI is InChI=1S/2CH4.3ClH.3Na.2H2O4S/c;;;;;;;;2*1-5(2,3)4/h2*1H4;3*1H;;;;2*(H2,1,2,3,4)/q;;;;;3*+1;;/p-3. The van der Waals surface area contributed by atoms with E-state index in [1.165, 1.54) is 0 Å². The molecule has 0 amide bonds. The molecule has 0 aliphatic carbocycles. The molecule has 0 aromatic rings. The van der Waals surface area contributed by atoms with Crippen molar-refractivity contribution in [3.8, 4) is 0 Å². The second kappa shape index (κ2) is 32.5. The van der Waals surface area contributed by atoms with Crippen LogP contribution in [0, 0.1) is 0 Å². The summed E-state index contributed by atoms with van der Waals surface area (Å²) >= 11 is 0. The summed E-state index contributed by atoms with van der Waals surface area (Å²) in [6.07, 6.45) is 0. The Morgan fingerprint density at radius 2 is 0.722 bits per heavy atom. The minimum atomic E-state index is -5.17. The molecule has 16 heteroatoms. The van der Waals surface area contributed by atoms with Crippen LogP contribution in [-0.4, -0.2) is 35.0 Å². The zero-order valence-corrected chi connectivity index (χ0v) is 18.4. The quantitative estimate of drug-likeness (QED) is 0.229. The summed E-state index contributed by atoms with van der Waals surface area (Å²) in [5, 5.41) is 0. The summed E-state index contributed by atoms with van der Waals surface area (Å²) in [4.78, 5) is 0.